The van der Waals surface area contributed by atoms with Gasteiger partial charge in [-0.15, -0.1) is 4.80 Å². The summed E-state index contributed by atoms with van der Waals surface area (Å²) < 4.78 is 33.6. The Kier molecular flexibility index (Phi) is 8.45. The molecule has 0 amide bonds. The van der Waals surface area contributed by atoms with Crippen molar-refractivity contribution in [2.24, 2.45) is 0 Å². The van der Waals surface area contributed by atoms with E-state index in [1.807, 2.05) is 26.1 Å². The molecule has 8 nitrogen and oxygen atoms in total. The third-order valence-corrected chi connectivity index (χ3v) is 5.74. The van der Waals surface area contributed by atoms with Crippen LogP contribution in [0.2, 0.25) is 5.02 Å². The minimum atomic E-state index is -2.39. The normalized spacial score (nSPS) is 10.9. The SMILES string of the molecule is CC.COc1nc(NSc2c[nH]c3c(-n4nccn4)c(Cl)ccc23)nc(C)c1CCC(F)F. The van der Waals surface area contributed by atoms with Gasteiger partial charge in [-0.3, -0.25) is 4.72 Å². The Morgan fingerprint density at radius 2 is 1.94 bits per heavy atom. The van der Waals surface area contributed by atoms with Gasteiger partial charge >= 0.3 is 0 Å². The molecule has 4 aromatic rings. The number of hydrogen-bond acceptors (Lipinski definition) is 7. The lowest BCUT2D eigenvalue weighted by atomic mass is 10.1. The number of hydrogen-bond donors (Lipinski definition) is 2. The molecule has 0 fully saturated rings. The first-order valence-electron chi connectivity index (χ1n) is 10.3. The van der Waals surface area contributed by atoms with Gasteiger partial charge in [0.05, 0.1) is 34.9 Å². The van der Waals surface area contributed by atoms with Crippen LogP contribution in [0.1, 0.15) is 31.5 Å². The van der Waals surface area contributed by atoms with E-state index < -0.39 is 6.43 Å². The van der Waals surface area contributed by atoms with Gasteiger partial charge in [-0.05, 0) is 37.4 Å². The third kappa shape index (κ3) is 5.53. The van der Waals surface area contributed by atoms with E-state index in [9.17, 15) is 8.78 Å². The van der Waals surface area contributed by atoms with Crippen molar-refractivity contribution in [3.63, 3.8) is 0 Å². The number of halogens is 3. The van der Waals surface area contributed by atoms with E-state index in [2.05, 4.69) is 29.9 Å². The number of benzene rings is 1. The van der Waals surface area contributed by atoms with Gasteiger partial charge in [-0.1, -0.05) is 25.4 Å². The van der Waals surface area contributed by atoms with Gasteiger partial charge in [0, 0.05) is 29.3 Å². The maximum Gasteiger partial charge on any atom is 0.239 e. The summed E-state index contributed by atoms with van der Waals surface area (Å²) in [6, 6.07) is 3.67. The number of fused-ring (bicyclic) bond motifs is 1. The topological polar surface area (TPSA) is 93.5 Å². The molecule has 0 radical (unpaired) electrons. The molecule has 33 heavy (non-hydrogen) atoms. The van der Waals surface area contributed by atoms with E-state index >= 15 is 0 Å². The van der Waals surface area contributed by atoms with Crippen LogP contribution in [0.3, 0.4) is 0 Å². The van der Waals surface area contributed by atoms with Gasteiger partial charge in [-0.25, -0.2) is 13.8 Å². The molecule has 0 bridgehead atoms. The molecule has 0 aliphatic carbocycles. The lowest BCUT2D eigenvalue weighted by molar-refractivity contribution is 0.137. The van der Waals surface area contributed by atoms with E-state index in [0.29, 0.717) is 27.9 Å². The van der Waals surface area contributed by atoms with Crippen molar-refractivity contribution in [1.29, 1.82) is 0 Å². The monoisotopic (exact) mass is 495 g/mol. The third-order valence-electron chi connectivity index (χ3n) is 4.59. The highest BCUT2D eigenvalue weighted by molar-refractivity contribution is 8.00. The van der Waals surface area contributed by atoms with E-state index in [1.165, 1.54) is 23.9 Å². The number of H-pyrrole nitrogens is 1. The van der Waals surface area contributed by atoms with E-state index in [0.717, 1.165) is 15.8 Å². The van der Waals surface area contributed by atoms with Crippen molar-refractivity contribution in [2.75, 3.05) is 11.8 Å². The largest absolute Gasteiger partial charge is 0.481 e. The summed E-state index contributed by atoms with van der Waals surface area (Å²) in [5, 5.41) is 9.74. The zero-order valence-corrected chi connectivity index (χ0v) is 20.1. The van der Waals surface area contributed by atoms with Crippen LogP contribution in [0.15, 0.2) is 35.6 Å². The van der Waals surface area contributed by atoms with E-state index in [4.69, 9.17) is 16.3 Å². The highest BCUT2D eigenvalue weighted by atomic mass is 35.5. The molecular weight excluding hydrogens is 472 g/mol. The van der Waals surface area contributed by atoms with Crippen LogP contribution < -0.4 is 9.46 Å². The molecule has 0 atom stereocenters. The first kappa shape index (κ1) is 24.7. The van der Waals surface area contributed by atoms with Crippen molar-refractivity contribution < 1.29 is 13.5 Å². The van der Waals surface area contributed by atoms with Crippen LogP contribution in [-0.2, 0) is 6.42 Å². The number of anilines is 1. The number of alkyl halides is 2. The molecule has 0 saturated heterocycles. The Morgan fingerprint density at radius 1 is 1.21 bits per heavy atom. The molecule has 2 N–H and O–H groups in total. The van der Waals surface area contributed by atoms with Crippen molar-refractivity contribution in [3.8, 4) is 11.6 Å². The van der Waals surface area contributed by atoms with Crippen molar-refractivity contribution in [2.45, 2.75) is 44.9 Å². The maximum absolute atomic E-state index is 12.6. The standard InChI is InChI=1S/C19H18ClF2N7OS.C2H6/c1-10-11(4-6-15(21)22)18(30-2)27-19(26-10)28-31-14-9-23-16-12(14)3-5-13(20)17(16)29-24-7-8-25-29;1-2/h3,5,7-9,15,23H,4,6H2,1-2H3,(H,26,27,28);1-2H3. The Balaban J connectivity index is 0.00000149. The number of ether oxygens (including phenoxy) is 1. The van der Waals surface area contributed by atoms with Gasteiger partial charge in [0.1, 0.15) is 5.69 Å². The molecule has 0 aliphatic heterocycles. The number of aromatic nitrogens is 6. The second-order valence-electron chi connectivity index (χ2n) is 6.54. The summed E-state index contributed by atoms with van der Waals surface area (Å²) >= 11 is 7.66. The summed E-state index contributed by atoms with van der Waals surface area (Å²) in [5.74, 6) is 0.603. The summed E-state index contributed by atoms with van der Waals surface area (Å²) in [6.07, 6.45) is 2.46. The molecule has 0 saturated carbocycles. The van der Waals surface area contributed by atoms with Gasteiger partial charge in [-0.2, -0.15) is 15.2 Å². The average Bonchev–Trinajstić information content (AvgIpc) is 3.48. The van der Waals surface area contributed by atoms with Gasteiger partial charge < -0.3 is 9.72 Å². The number of methoxy groups -OCH3 is 1. The van der Waals surface area contributed by atoms with Crippen LogP contribution in [0.25, 0.3) is 16.6 Å². The zero-order chi connectivity index (χ0) is 24.0. The second kappa shape index (κ2) is 11.3. The average molecular weight is 496 g/mol. The van der Waals surface area contributed by atoms with Crippen LogP contribution in [0, 0.1) is 6.92 Å². The first-order chi connectivity index (χ1) is 16.0. The highest BCUT2D eigenvalue weighted by Gasteiger charge is 2.17. The van der Waals surface area contributed by atoms with Crippen LogP contribution in [-0.4, -0.2) is 43.5 Å². The fourth-order valence-electron chi connectivity index (χ4n) is 3.17. The van der Waals surface area contributed by atoms with Crippen LogP contribution in [0.4, 0.5) is 14.7 Å². The van der Waals surface area contributed by atoms with Crippen molar-refractivity contribution >= 4 is 40.4 Å². The fraction of sp³-hybridized carbons (Fsp3) is 0.333. The molecule has 3 aromatic heterocycles. The summed E-state index contributed by atoms with van der Waals surface area (Å²) in [7, 11) is 1.46. The van der Waals surface area contributed by atoms with Crippen LogP contribution >= 0.6 is 23.5 Å². The number of aromatic amines is 1. The van der Waals surface area contributed by atoms with Crippen molar-refractivity contribution in [3.05, 3.63) is 47.0 Å². The summed E-state index contributed by atoms with van der Waals surface area (Å²) in [4.78, 5) is 14.2. The Morgan fingerprint density at radius 3 is 2.61 bits per heavy atom. The van der Waals surface area contributed by atoms with E-state index in [-0.39, 0.29) is 18.7 Å². The molecule has 0 spiro atoms. The predicted octanol–water partition coefficient (Wildman–Crippen LogP) is 5.85. The van der Waals surface area contributed by atoms with Gasteiger partial charge in [0.15, 0.2) is 0 Å². The zero-order valence-electron chi connectivity index (χ0n) is 18.6. The molecule has 1 aromatic carbocycles. The fourth-order valence-corrected chi connectivity index (χ4v) is 4.09. The quantitative estimate of drug-likeness (QED) is 0.296. The summed E-state index contributed by atoms with van der Waals surface area (Å²) in [5.41, 5.74) is 2.60. The maximum atomic E-state index is 12.6. The van der Waals surface area contributed by atoms with Crippen LogP contribution in [0.5, 0.6) is 5.88 Å². The number of nitrogens with one attached hydrogen (secondary N) is 2. The van der Waals surface area contributed by atoms with Crippen molar-refractivity contribution in [1.82, 2.24) is 29.9 Å². The Hall–Kier alpha value is -2.92. The smallest absolute Gasteiger partial charge is 0.239 e. The molecular formula is C21H24ClF2N7OS. The molecule has 3 heterocycles. The number of rotatable bonds is 8. The second-order valence-corrected chi connectivity index (χ2v) is 7.80. The predicted molar refractivity (Wildman–Crippen MR) is 127 cm³/mol. The van der Waals surface area contributed by atoms with Gasteiger partial charge in [0.25, 0.3) is 0 Å². The lowest BCUT2D eigenvalue weighted by Crippen LogP contribution is -2.06. The first-order valence-corrected chi connectivity index (χ1v) is 11.5. The molecule has 176 valence electrons. The van der Waals surface area contributed by atoms with E-state index in [1.54, 1.807) is 25.4 Å². The minimum absolute atomic E-state index is 0.146. The Bertz CT molecular complexity index is 1200. The number of aryl methyl sites for hydroxylation is 1. The number of nitrogens with zero attached hydrogens (tertiary/aromatic N) is 5. The minimum Gasteiger partial charge on any atom is -0.481 e. The summed E-state index contributed by atoms with van der Waals surface area (Å²) in [6.45, 7) is 5.75. The van der Waals surface area contributed by atoms with Gasteiger partial charge in [0.2, 0.25) is 18.3 Å². The molecule has 0 aliphatic rings. The molecule has 0 unspecified atom stereocenters. The lowest BCUT2D eigenvalue weighted by Gasteiger charge is -2.12. The Labute approximate surface area is 199 Å². The highest BCUT2D eigenvalue weighted by Crippen LogP contribution is 2.35. The molecule has 4 rings (SSSR count). The molecule has 12 heteroatoms.